The van der Waals surface area contributed by atoms with Crippen molar-refractivity contribution in [1.82, 2.24) is 0 Å². The zero-order valence-corrected chi connectivity index (χ0v) is 12.9. The predicted molar refractivity (Wildman–Crippen MR) is 81.6 cm³/mol. The van der Waals surface area contributed by atoms with Crippen LogP contribution in [0, 0.1) is 5.41 Å². The summed E-state index contributed by atoms with van der Waals surface area (Å²) in [5.41, 5.74) is 0.449. The summed E-state index contributed by atoms with van der Waals surface area (Å²) in [7, 11) is 4.51. The van der Waals surface area contributed by atoms with Gasteiger partial charge in [-0.05, 0) is 18.1 Å². The molecule has 1 aromatic carbocycles. The number of amides is 1. The van der Waals surface area contributed by atoms with Gasteiger partial charge in [-0.1, -0.05) is 30.4 Å². The summed E-state index contributed by atoms with van der Waals surface area (Å²) < 4.78 is 10.5. The van der Waals surface area contributed by atoms with E-state index in [1.165, 1.54) is 19.1 Å². The Labute approximate surface area is 129 Å². The quantitative estimate of drug-likeness (QED) is 0.475. The third kappa shape index (κ3) is 1.69. The van der Waals surface area contributed by atoms with E-state index in [0.29, 0.717) is 6.42 Å². The Morgan fingerprint density at radius 2 is 2.05 bits per heavy atom. The maximum atomic E-state index is 13.1. The molecule has 0 radical (unpaired) electrons. The van der Waals surface area contributed by atoms with Gasteiger partial charge in [0.25, 0.3) is 0 Å². The van der Waals surface area contributed by atoms with Gasteiger partial charge in [0.2, 0.25) is 5.91 Å². The number of nitrogens with zero attached hydrogens (tertiary/aromatic N) is 1. The maximum Gasteiger partial charge on any atom is 0.325 e. The Morgan fingerprint density at radius 3 is 2.73 bits per heavy atom. The second-order valence-electron chi connectivity index (χ2n) is 5.66. The van der Waals surface area contributed by atoms with Crippen LogP contribution in [0.5, 0.6) is 0 Å². The van der Waals surface area contributed by atoms with Crippen molar-refractivity contribution in [2.75, 3.05) is 26.2 Å². The number of esters is 1. The molecule has 0 saturated heterocycles. The van der Waals surface area contributed by atoms with Gasteiger partial charge in [0, 0.05) is 25.8 Å². The lowest BCUT2D eigenvalue weighted by atomic mass is 9.61. The number of hydrogen-bond acceptors (Lipinski definition) is 4. The van der Waals surface area contributed by atoms with E-state index in [-0.39, 0.29) is 11.8 Å². The zero-order chi connectivity index (χ0) is 15.9. The first-order valence-corrected chi connectivity index (χ1v) is 7.24. The Kier molecular flexibility index (Phi) is 3.53. The fourth-order valence-electron chi connectivity index (χ4n) is 3.77. The molecular weight excluding hydrogens is 282 g/mol. The smallest absolute Gasteiger partial charge is 0.325 e. The highest BCUT2D eigenvalue weighted by Crippen LogP contribution is 2.53. The van der Waals surface area contributed by atoms with E-state index in [4.69, 9.17) is 9.47 Å². The highest BCUT2D eigenvalue weighted by atomic mass is 16.5. The maximum absolute atomic E-state index is 13.1. The first-order chi connectivity index (χ1) is 10.6. The van der Waals surface area contributed by atoms with Crippen LogP contribution in [0.2, 0.25) is 0 Å². The number of ether oxygens (including phenoxy) is 2. The summed E-state index contributed by atoms with van der Waals surface area (Å²) in [5.74, 6) is -1.10. The fraction of sp³-hybridized carbons (Fsp3) is 0.412. The van der Waals surface area contributed by atoms with Gasteiger partial charge < -0.3 is 14.4 Å². The minimum Gasteiger partial charge on any atom is -0.468 e. The molecule has 2 aliphatic rings. The molecule has 0 spiro atoms. The Balaban J connectivity index is 2.29. The van der Waals surface area contributed by atoms with Crippen LogP contribution in [-0.4, -0.2) is 39.2 Å². The van der Waals surface area contributed by atoms with Crippen molar-refractivity contribution < 1.29 is 19.1 Å². The van der Waals surface area contributed by atoms with E-state index in [1.54, 1.807) is 13.1 Å². The van der Waals surface area contributed by atoms with Crippen molar-refractivity contribution in [2.45, 2.75) is 18.4 Å². The molecular formula is C17H19NO4. The number of fused-ring (bicyclic) bond motifs is 3. The van der Waals surface area contributed by atoms with Gasteiger partial charge in [0.05, 0.1) is 7.11 Å². The highest BCUT2D eigenvalue weighted by molar-refractivity contribution is 6.14. The van der Waals surface area contributed by atoms with Crippen molar-refractivity contribution in [1.29, 1.82) is 0 Å². The van der Waals surface area contributed by atoms with E-state index >= 15 is 0 Å². The molecule has 0 saturated carbocycles. The van der Waals surface area contributed by atoms with Crippen LogP contribution in [0.25, 0.3) is 0 Å². The van der Waals surface area contributed by atoms with E-state index < -0.39 is 17.5 Å². The number of allylic oxidation sites excluding steroid dienone is 1. The van der Waals surface area contributed by atoms with Gasteiger partial charge in [-0.25, -0.2) is 0 Å². The third-order valence-electron chi connectivity index (χ3n) is 4.79. The summed E-state index contributed by atoms with van der Waals surface area (Å²) in [6.07, 6.45) is 3.72. The molecule has 3 rings (SSSR count). The number of hydrogen-bond donors (Lipinski definition) is 0. The molecule has 1 aliphatic heterocycles. The minimum absolute atomic E-state index is 0.278. The molecule has 5 nitrogen and oxygen atoms in total. The number of methoxy groups -OCH3 is 2. The van der Waals surface area contributed by atoms with E-state index in [1.807, 2.05) is 30.3 Å². The minimum atomic E-state index is -1.36. The molecule has 1 aromatic rings. The first kappa shape index (κ1) is 14.8. The van der Waals surface area contributed by atoms with E-state index in [0.717, 1.165) is 11.3 Å². The summed E-state index contributed by atoms with van der Waals surface area (Å²) in [4.78, 5) is 27.3. The second kappa shape index (κ2) is 5.25. The monoisotopic (exact) mass is 301 g/mol. The molecule has 1 amide bonds. The lowest BCUT2D eigenvalue weighted by Crippen LogP contribution is -2.61. The lowest BCUT2D eigenvalue weighted by molar-refractivity contribution is -0.169. The Hall–Kier alpha value is -2.14. The lowest BCUT2D eigenvalue weighted by Gasteiger charge is -2.48. The number of carbonyl (C=O) groups is 2. The standard InChI is InChI=1S/C17H19NO4/c1-18-13-9-5-4-7-11(13)12-8-6-10-14(21-2)17(12,15(18)19)16(20)22-3/h4-7,9-10,12,14H,8H2,1-3H3/t12-,14+,17-/m0/s1. The number of benzene rings is 1. The van der Waals surface area contributed by atoms with Crippen molar-refractivity contribution in [2.24, 2.45) is 5.41 Å². The topological polar surface area (TPSA) is 55.8 Å². The summed E-state index contributed by atoms with van der Waals surface area (Å²) in [5, 5.41) is 0. The summed E-state index contributed by atoms with van der Waals surface area (Å²) in [6.45, 7) is 0. The molecule has 0 bridgehead atoms. The SMILES string of the molecule is COC(=O)[C@@]12C(=O)N(C)c3ccccc3[C@@H]1CC=C[C@H]2OC. The van der Waals surface area contributed by atoms with Crippen molar-refractivity contribution in [3.8, 4) is 0 Å². The largest absolute Gasteiger partial charge is 0.468 e. The molecule has 5 heteroatoms. The number of rotatable bonds is 2. The van der Waals surface area contributed by atoms with E-state index in [9.17, 15) is 9.59 Å². The van der Waals surface area contributed by atoms with Gasteiger partial charge in [-0.2, -0.15) is 0 Å². The van der Waals surface area contributed by atoms with Crippen LogP contribution in [0.15, 0.2) is 36.4 Å². The molecule has 116 valence electrons. The molecule has 22 heavy (non-hydrogen) atoms. The summed E-state index contributed by atoms with van der Waals surface area (Å²) in [6, 6.07) is 7.67. The van der Waals surface area contributed by atoms with Crippen LogP contribution in [-0.2, 0) is 19.1 Å². The van der Waals surface area contributed by atoms with Crippen molar-refractivity contribution in [3.05, 3.63) is 42.0 Å². The van der Waals surface area contributed by atoms with Crippen LogP contribution >= 0.6 is 0 Å². The molecule has 0 aromatic heterocycles. The third-order valence-corrected chi connectivity index (χ3v) is 4.79. The normalized spacial score (nSPS) is 29.8. The van der Waals surface area contributed by atoms with Crippen molar-refractivity contribution >= 4 is 17.6 Å². The fourth-order valence-corrected chi connectivity index (χ4v) is 3.77. The second-order valence-corrected chi connectivity index (χ2v) is 5.66. The summed E-state index contributed by atoms with van der Waals surface area (Å²) >= 11 is 0. The molecule has 1 aliphatic carbocycles. The van der Waals surface area contributed by atoms with Crippen LogP contribution in [0.1, 0.15) is 17.9 Å². The number of anilines is 1. The predicted octanol–water partition coefficient (Wildman–Crippen LogP) is 1.88. The van der Waals surface area contributed by atoms with Crippen LogP contribution in [0.4, 0.5) is 5.69 Å². The van der Waals surface area contributed by atoms with E-state index in [2.05, 4.69) is 0 Å². The van der Waals surface area contributed by atoms with Crippen LogP contribution < -0.4 is 4.90 Å². The van der Waals surface area contributed by atoms with Gasteiger partial charge >= 0.3 is 5.97 Å². The highest BCUT2D eigenvalue weighted by Gasteiger charge is 2.63. The first-order valence-electron chi connectivity index (χ1n) is 7.24. The molecule has 0 fully saturated rings. The number of para-hydroxylation sites is 1. The number of carbonyl (C=O) groups excluding carboxylic acids is 2. The Bertz CT molecular complexity index is 654. The van der Waals surface area contributed by atoms with Crippen molar-refractivity contribution in [3.63, 3.8) is 0 Å². The average molecular weight is 301 g/mol. The zero-order valence-electron chi connectivity index (χ0n) is 12.9. The van der Waals surface area contributed by atoms with Gasteiger partial charge in [0.15, 0.2) is 5.41 Å². The molecule has 1 heterocycles. The van der Waals surface area contributed by atoms with Gasteiger partial charge in [0.1, 0.15) is 6.10 Å². The van der Waals surface area contributed by atoms with Crippen LogP contribution in [0.3, 0.4) is 0 Å². The molecule has 0 N–H and O–H groups in total. The Morgan fingerprint density at radius 1 is 1.32 bits per heavy atom. The van der Waals surface area contributed by atoms with Gasteiger partial charge in [-0.15, -0.1) is 0 Å². The molecule has 0 unspecified atom stereocenters. The van der Waals surface area contributed by atoms with Gasteiger partial charge in [-0.3, -0.25) is 9.59 Å². The molecule has 3 atom stereocenters. The average Bonchev–Trinajstić information content (AvgIpc) is 2.57.